The van der Waals surface area contributed by atoms with Crippen molar-refractivity contribution in [3.05, 3.63) is 5.82 Å². The number of nitrogen functional groups attached to an aromatic ring is 1. The highest BCUT2D eigenvalue weighted by molar-refractivity contribution is 5.10. The Labute approximate surface area is 83.3 Å². The molecule has 1 atom stereocenters. The van der Waals surface area contributed by atoms with E-state index in [-0.39, 0.29) is 12.1 Å². The van der Waals surface area contributed by atoms with Crippen molar-refractivity contribution < 1.29 is 4.52 Å². The Bertz CT molecular complexity index is 310. The van der Waals surface area contributed by atoms with Gasteiger partial charge in [0.25, 0.3) is 0 Å². The third kappa shape index (κ3) is 1.59. The molecular weight excluding hydrogens is 180 g/mol. The van der Waals surface area contributed by atoms with Gasteiger partial charge in [-0.05, 0) is 33.2 Å². The molecule has 1 aromatic heterocycles. The minimum absolute atomic E-state index is 0.163. The summed E-state index contributed by atoms with van der Waals surface area (Å²) in [5, 5.41) is 3.88. The molecule has 0 spiro atoms. The van der Waals surface area contributed by atoms with Crippen molar-refractivity contribution in [3.63, 3.8) is 0 Å². The van der Waals surface area contributed by atoms with E-state index in [1.165, 1.54) is 6.42 Å². The molecular formula is C9H16N4O. The molecule has 1 aromatic rings. The molecule has 78 valence electrons. The predicted octanol–water partition coefficient (Wildman–Crippen LogP) is 1.20. The van der Waals surface area contributed by atoms with Crippen molar-refractivity contribution in [2.75, 3.05) is 12.3 Å². The molecule has 0 radical (unpaired) electrons. The molecule has 0 amide bonds. The molecule has 0 aliphatic carbocycles. The van der Waals surface area contributed by atoms with Crippen LogP contribution in [0.5, 0.6) is 0 Å². The van der Waals surface area contributed by atoms with E-state index in [1.807, 2.05) is 0 Å². The topological polar surface area (TPSA) is 68.2 Å². The summed E-state index contributed by atoms with van der Waals surface area (Å²) < 4.78 is 4.79. The largest absolute Gasteiger partial charge is 0.351 e. The van der Waals surface area contributed by atoms with Gasteiger partial charge in [-0.15, -0.1) is 0 Å². The van der Waals surface area contributed by atoms with Gasteiger partial charge in [-0.1, -0.05) is 5.16 Å². The van der Waals surface area contributed by atoms with Crippen LogP contribution in [-0.4, -0.2) is 27.6 Å². The number of nitrogens with two attached hydrogens (primary N) is 1. The van der Waals surface area contributed by atoms with E-state index in [2.05, 4.69) is 28.9 Å². The van der Waals surface area contributed by atoms with Crippen molar-refractivity contribution in [2.45, 2.75) is 38.8 Å². The Kier molecular flexibility index (Phi) is 2.41. The summed E-state index contributed by atoms with van der Waals surface area (Å²) in [6.07, 6.45) is 2.29. The average Bonchev–Trinajstić information content (AvgIpc) is 2.70. The van der Waals surface area contributed by atoms with E-state index in [9.17, 15) is 0 Å². The molecule has 5 heteroatoms. The van der Waals surface area contributed by atoms with Crippen molar-refractivity contribution in [2.24, 2.45) is 0 Å². The van der Waals surface area contributed by atoms with E-state index in [0.717, 1.165) is 18.8 Å². The molecule has 1 aliphatic heterocycles. The molecule has 1 fully saturated rings. The Morgan fingerprint density at radius 3 is 2.93 bits per heavy atom. The maximum Gasteiger partial charge on any atom is 0.318 e. The minimum Gasteiger partial charge on any atom is -0.351 e. The molecule has 0 bridgehead atoms. The fourth-order valence-electron chi connectivity index (χ4n) is 2.07. The van der Waals surface area contributed by atoms with Crippen LogP contribution >= 0.6 is 0 Å². The van der Waals surface area contributed by atoms with Crippen LogP contribution in [0.2, 0.25) is 0 Å². The van der Waals surface area contributed by atoms with Gasteiger partial charge in [-0.3, -0.25) is 4.90 Å². The van der Waals surface area contributed by atoms with Crippen molar-refractivity contribution >= 4 is 6.01 Å². The van der Waals surface area contributed by atoms with Crippen molar-refractivity contribution in [3.8, 4) is 0 Å². The van der Waals surface area contributed by atoms with Crippen LogP contribution in [0.4, 0.5) is 6.01 Å². The molecule has 5 nitrogen and oxygen atoms in total. The van der Waals surface area contributed by atoms with Gasteiger partial charge in [-0.25, -0.2) is 0 Å². The summed E-state index contributed by atoms with van der Waals surface area (Å²) in [7, 11) is 0. The second-order valence-electron chi connectivity index (χ2n) is 3.98. The fourth-order valence-corrected chi connectivity index (χ4v) is 2.07. The lowest BCUT2D eigenvalue weighted by molar-refractivity contribution is 0.195. The molecule has 0 aromatic carbocycles. The van der Waals surface area contributed by atoms with Gasteiger partial charge in [0.05, 0.1) is 6.04 Å². The molecule has 1 saturated heterocycles. The summed E-state index contributed by atoms with van der Waals surface area (Å²) in [6, 6.07) is 0.967. The Morgan fingerprint density at radius 2 is 2.36 bits per heavy atom. The maximum absolute atomic E-state index is 5.41. The normalized spacial score (nSPS) is 23.5. The summed E-state index contributed by atoms with van der Waals surface area (Å²) in [5.74, 6) is 0.730. The number of likely N-dealkylation sites (tertiary alicyclic amines) is 1. The summed E-state index contributed by atoms with van der Waals surface area (Å²) in [6.45, 7) is 5.47. The fraction of sp³-hybridized carbons (Fsp3) is 0.778. The van der Waals surface area contributed by atoms with E-state index >= 15 is 0 Å². The number of aromatic nitrogens is 2. The third-order valence-corrected chi connectivity index (χ3v) is 2.71. The SMILES string of the molecule is CC(C)N1CCCC1c1noc(N)n1. The first kappa shape index (κ1) is 9.45. The lowest BCUT2D eigenvalue weighted by Crippen LogP contribution is -2.30. The summed E-state index contributed by atoms with van der Waals surface area (Å²) >= 11 is 0. The molecule has 1 unspecified atom stereocenters. The van der Waals surface area contributed by atoms with Crippen LogP contribution in [-0.2, 0) is 0 Å². The van der Waals surface area contributed by atoms with E-state index in [0.29, 0.717) is 6.04 Å². The summed E-state index contributed by atoms with van der Waals surface area (Å²) in [5.41, 5.74) is 5.41. The highest BCUT2D eigenvalue weighted by Gasteiger charge is 2.31. The van der Waals surface area contributed by atoms with Gasteiger partial charge in [-0.2, -0.15) is 4.98 Å². The molecule has 14 heavy (non-hydrogen) atoms. The summed E-state index contributed by atoms with van der Waals surface area (Å²) in [4.78, 5) is 6.46. The first-order chi connectivity index (χ1) is 6.68. The minimum atomic E-state index is 0.163. The molecule has 0 saturated carbocycles. The number of nitrogens with zero attached hydrogens (tertiary/aromatic N) is 3. The Hall–Kier alpha value is -1.10. The van der Waals surface area contributed by atoms with Gasteiger partial charge >= 0.3 is 6.01 Å². The zero-order valence-corrected chi connectivity index (χ0v) is 8.60. The van der Waals surface area contributed by atoms with E-state index < -0.39 is 0 Å². The zero-order valence-electron chi connectivity index (χ0n) is 8.60. The van der Waals surface area contributed by atoms with Gasteiger partial charge in [0, 0.05) is 6.04 Å². The second kappa shape index (κ2) is 3.57. The van der Waals surface area contributed by atoms with Gasteiger partial charge in [0.15, 0.2) is 5.82 Å². The number of rotatable bonds is 2. The van der Waals surface area contributed by atoms with Crippen molar-refractivity contribution in [1.29, 1.82) is 0 Å². The lowest BCUT2D eigenvalue weighted by Gasteiger charge is -2.25. The van der Waals surface area contributed by atoms with Gasteiger partial charge < -0.3 is 10.3 Å². The maximum atomic E-state index is 5.41. The van der Waals surface area contributed by atoms with Crippen LogP contribution in [0, 0.1) is 0 Å². The Balaban J connectivity index is 2.17. The standard InChI is InChI=1S/C9H16N4O/c1-6(2)13-5-3-4-7(13)8-11-9(10)14-12-8/h6-7H,3-5H2,1-2H3,(H2,10,11,12). The zero-order chi connectivity index (χ0) is 10.1. The van der Waals surface area contributed by atoms with E-state index in [1.54, 1.807) is 0 Å². The first-order valence-corrected chi connectivity index (χ1v) is 5.03. The van der Waals surface area contributed by atoms with E-state index in [4.69, 9.17) is 10.3 Å². The number of hydrogen-bond acceptors (Lipinski definition) is 5. The molecule has 2 heterocycles. The molecule has 2 N–H and O–H groups in total. The monoisotopic (exact) mass is 196 g/mol. The second-order valence-corrected chi connectivity index (χ2v) is 3.98. The average molecular weight is 196 g/mol. The van der Waals surface area contributed by atoms with Crippen LogP contribution in [0.3, 0.4) is 0 Å². The van der Waals surface area contributed by atoms with Crippen molar-refractivity contribution in [1.82, 2.24) is 15.0 Å². The van der Waals surface area contributed by atoms with Crippen LogP contribution < -0.4 is 5.73 Å². The Morgan fingerprint density at radius 1 is 1.57 bits per heavy atom. The van der Waals surface area contributed by atoms with Crippen LogP contribution in [0.1, 0.15) is 38.6 Å². The quantitative estimate of drug-likeness (QED) is 0.769. The third-order valence-electron chi connectivity index (χ3n) is 2.71. The highest BCUT2D eigenvalue weighted by Crippen LogP contribution is 2.31. The predicted molar refractivity (Wildman–Crippen MR) is 52.5 cm³/mol. The smallest absolute Gasteiger partial charge is 0.318 e. The molecule has 1 aliphatic rings. The van der Waals surface area contributed by atoms with Crippen LogP contribution in [0.25, 0.3) is 0 Å². The highest BCUT2D eigenvalue weighted by atomic mass is 16.5. The van der Waals surface area contributed by atoms with Gasteiger partial charge in [0.2, 0.25) is 0 Å². The van der Waals surface area contributed by atoms with Gasteiger partial charge in [0.1, 0.15) is 0 Å². The first-order valence-electron chi connectivity index (χ1n) is 5.03. The lowest BCUT2D eigenvalue weighted by atomic mass is 10.2. The molecule has 2 rings (SSSR count). The number of anilines is 1. The van der Waals surface area contributed by atoms with Crippen LogP contribution in [0.15, 0.2) is 4.52 Å². The number of hydrogen-bond donors (Lipinski definition) is 1.